The first kappa shape index (κ1) is 14.3. The van der Waals surface area contributed by atoms with E-state index >= 15 is 0 Å². The molecule has 1 aromatic carbocycles. The third-order valence-electron chi connectivity index (χ3n) is 3.78. The maximum Gasteiger partial charge on any atom is 0.253 e. The van der Waals surface area contributed by atoms with E-state index in [9.17, 15) is 4.79 Å². The molecule has 1 aliphatic carbocycles. The molecule has 0 unspecified atom stereocenters. The van der Waals surface area contributed by atoms with Crippen molar-refractivity contribution < 1.29 is 4.79 Å². The van der Waals surface area contributed by atoms with E-state index in [1.807, 2.05) is 43.1 Å². The van der Waals surface area contributed by atoms with Crippen LogP contribution in [0.5, 0.6) is 0 Å². The molecule has 0 spiro atoms. The Morgan fingerprint density at radius 1 is 1.21 bits per heavy atom. The molecule has 19 heavy (non-hydrogen) atoms. The maximum absolute atomic E-state index is 12.3. The predicted molar refractivity (Wildman–Crippen MR) is 83.0 cm³/mol. The highest BCUT2D eigenvalue weighted by atomic mass is 32.2. The summed E-state index contributed by atoms with van der Waals surface area (Å²) in [5, 5.41) is 7.01. The first-order valence-electron chi connectivity index (χ1n) is 6.85. The van der Waals surface area contributed by atoms with Crippen molar-refractivity contribution in [2.75, 3.05) is 18.6 Å². The van der Waals surface area contributed by atoms with Crippen LogP contribution in [0.1, 0.15) is 36.0 Å². The van der Waals surface area contributed by atoms with Gasteiger partial charge in [0.15, 0.2) is 0 Å². The number of carbonyl (C=O) groups excluding carboxylic acids is 1. The Bertz CT molecular complexity index is 428. The van der Waals surface area contributed by atoms with E-state index in [1.54, 1.807) is 0 Å². The van der Waals surface area contributed by atoms with Crippen LogP contribution in [0.3, 0.4) is 0 Å². The lowest BCUT2D eigenvalue weighted by Gasteiger charge is -2.28. The van der Waals surface area contributed by atoms with Crippen LogP contribution in [-0.2, 0) is 0 Å². The van der Waals surface area contributed by atoms with Gasteiger partial charge >= 0.3 is 0 Å². The lowest BCUT2D eigenvalue weighted by atomic mass is 9.94. The number of benzene rings is 1. The Hall–Kier alpha value is -1.16. The molecule has 1 saturated carbocycles. The van der Waals surface area contributed by atoms with E-state index in [2.05, 4.69) is 16.9 Å². The molecule has 1 aromatic rings. The highest BCUT2D eigenvalue weighted by Gasteiger charge is 2.22. The third kappa shape index (κ3) is 3.66. The van der Waals surface area contributed by atoms with Crippen LogP contribution in [0.25, 0.3) is 0 Å². The minimum atomic E-state index is 0.0394. The summed E-state index contributed by atoms with van der Waals surface area (Å²) >= 11 is 1.95. The number of amides is 1. The van der Waals surface area contributed by atoms with E-state index in [0.717, 1.165) is 29.3 Å². The summed E-state index contributed by atoms with van der Waals surface area (Å²) in [7, 11) is 1.84. The van der Waals surface area contributed by atoms with E-state index in [-0.39, 0.29) is 5.91 Å². The number of anilines is 1. The minimum Gasteiger partial charge on any atom is -0.387 e. The van der Waals surface area contributed by atoms with Crippen molar-refractivity contribution in [3.8, 4) is 0 Å². The van der Waals surface area contributed by atoms with Gasteiger partial charge in [-0.1, -0.05) is 12.1 Å². The van der Waals surface area contributed by atoms with Gasteiger partial charge in [-0.3, -0.25) is 4.79 Å². The fraction of sp³-hybridized carbons (Fsp3) is 0.533. The van der Waals surface area contributed by atoms with Crippen LogP contribution in [-0.4, -0.2) is 30.5 Å². The van der Waals surface area contributed by atoms with Crippen LogP contribution >= 0.6 is 11.8 Å². The van der Waals surface area contributed by atoms with Crippen LogP contribution in [0.4, 0.5) is 5.69 Å². The van der Waals surface area contributed by atoms with Crippen molar-refractivity contribution in [3.05, 3.63) is 29.8 Å². The van der Waals surface area contributed by atoms with E-state index in [0.29, 0.717) is 6.04 Å². The normalized spacial score (nSPS) is 22.8. The summed E-state index contributed by atoms with van der Waals surface area (Å²) in [4.78, 5) is 12.3. The number of thioether (sulfide) groups is 1. The highest BCUT2D eigenvalue weighted by molar-refractivity contribution is 7.99. The Labute approximate surface area is 119 Å². The molecule has 0 aliphatic heterocycles. The van der Waals surface area contributed by atoms with Crippen molar-refractivity contribution in [2.45, 2.75) is 37.0 Å². The average molecular weight is 278 g/mol. The highest BCUT2D eigenvalue weighted by Crippen LogP contribution is 2.27. The molecule has 2 N–H and O–H groups in total. The number of para-hydroxylation sites is 1. The summed E-state index contributed by atoms with van der Waals surface area (Å²) in [5.41, 5.74) is 1.62. The van der Waals surface area contributed by atoms with Gasteiger partial charge in [-0.05, 0) is 44.1 Å². The molecule has 1 aliphatic rings. The Balaban J connectivity index is 1.94. The molecule has 4 heteroatoms. The molecular formula is C15H22N2OS. The Morgan fingerprint density at radius 3 is 2.53 bits per heavy atom. The fourth-order valence-electron chi connectivity index (χ4n) is 2.61. The lowest BCUT2D eigenvalue weighted by molar-refractivity contribution is 0.0929. The summed E-state index contributed by atoms with van der Waals surface area (Å²) in [6.45, 7) is 0. The van der Waals surface area contributed by atoms with Gasteiger partial charge in [0.1, 0.15) is 0 Å². The molecule has 2 rings (SSSR count). The zero-order valence-corrected chi connectivity index (χ0v) is 12.4. The Kier molecular flexibility index (Phi) is 5.14. The van der Waals surface area contributed by atoms with Crippen molar-refractivity contribution in [1.82, 2.24) is 5.32 Å². The molecular weight excluding hydrogens is 256 g/mol. The zero-order chi connectivity index (χ0) is 13.7. The monoisotopic (exact) mass is 278 g/mol. The average Bonchev–Trinajstić information content (AvgIpc) is 2.48. The molecule has 3 nitrogen and oxygen atoms in total. The summed E-state index contributed by atoms with van der Waals surface area (Å²) in [5.74, 6) is 0.0394. The van der Waals surface area contributed by atoms with Crippen LogP contribution in [0, 0.1) is 0 Å². The zero-order valence-electron chi connectivity index (χ0n) is 11.6. The minimum absolute atomic E-state index is 0.0394. The molecule has 1 amide bonds. The first-order chi connectivity index (χ1) is 9.24. The van der Waals surface area contributed by atoms with Crippen LogP contribution in [0.2, 0.25) is 0 Å². The molecule has 1 fully saturated rings. The summed E-state index contributed by atoms with van der Waals surface area (Å²) in [6, 6.07) is 7.97. The van der Waals surface area contributed by atoms with E-state index in [1.165, 1.54) is 12.8 Å². The largest absolute Gasteiger partial charge is 0.387 e. The quantitative estimate of drug-likeness (QED) is 0.889. The molecule has 0 atom stereocenters. The second kappa shape index (κ2) is 6.85. The van der Waals surface area contributed by atoms with Crippen molar-refractivity contribution in [3.63, 3.8) is 0 Å². The van der Waals surface area contributed by atoms with Crippen molar-refractivity contribution >= 4 is 23.4 Å². The molecule has 0 bridgehead atoms. The second-order valence-electron chi connectivity index (χ2n) is 4.98. The Morgan fingerprint density at radius 2 is 1.89 bits per heavy atom. The summed E-state index contributed by atoms with van der Waals surface area (Å²) in [6.07, 6.45) is 6.78. The molecule has 0 heterocycles. The maximum atomic E-state index is 12.3. The van der Waals surface area contributed by atoms with Gasteiger partial charge in [0, 0.05) is 24.0 Å². The van der Waals surface area contributed by atoms with E-state index < -0.39 is 0 Å². The standard InChI is InChI=1S/C15H22N2OS/c1-16-14-6-4-3-5-13(14)15(18)17-11-7-9-12(19-2)10-8-11/h3-6,11-12,16H,7-10H2,1-2H3,(H,17,18). The van der Waals surface area contributed by atoms with Gasteiger partial charge in [-0.15, -0.1) is 0 Å². The molecule has 0 radical (unpaired) electrons. The SMILES string of the molecule is CNc1ccccc1C(=O)NC1CCC(SC)CC1. The van der Waals surface area contributed by atoms with Crippen LogP contribution in [0.15, 0.2) is 24.3 Å². The van der Waals surface area contributed by atoms with Gasteiger partial charge in [0.25, 0.3) is 5.91 Å². The van der Waals surface area contributed by atoms with E-state index in [4.69, 9.17) is 0 Å². The number of hydrogen-bond acceptors (Lipinski definition) is 3. The van der Waals surface area contributed by atoms with Crippen LogP contribution < -0.4 is 10.6 Å². The molecule has 104 valence electrons. The predicted octanol–water partition coefficient (Wildman–Crippen LogP) is 3.13. The number of hydrogen-bond donors (Lipinski definition) is 2. The number of carbonyl (C=O) groups is 1. The smallest absolute Gasteiger partial charge is 0.253 e. The van der Waals surface area contributed by atoms with Gasteiger partial charge in [-0.25, -0.2) is 0 Å². The van der Waals surface area contributed by atoms with Gasteiger partial charge in [0.05, 0.1) is 5.56 Å². The third-order valence-corrected chi connectivity index (χ3v) is 4.92. The summed E-state index contributed by atoms with van der Waals surface area (Å²) < 4.78 is 0. The molecule has 0 saturated heterocycles. The number of rotatable bonds is 4. The lowest BCUT2D eigenvalue weighted by Crippen LogP contribution is -2.38. The first-order valence-corrected chi connectivity index (χ1v) is 8.13. The molecule has 0 aromatic heterocycles. The number of nitrogens with one attached hydrogen (secondary N) is 2. The second-order valence-corrected chi connectivity index (χ2v) is 6.12. The van der Waals surface area contributed by atoms with Gasteiger partial charge < -0.3 is 10.6 Å². The fourth-order valence-corrected chi connectivity index (χ4v) is 3.35. The van der Waals surface area contributed by atoms with Crippen molar-refractivity contribution in [1.29, 1.82) is 0 Å². The van der Waals surface area contributed by atoms with Crippen molar-refractivity contribution in [2.24, 2.45) is 0 Å². The topological polar surface area (TPSA) is 41.1 Å². The van der Waals surface area contributed by atoms with Gasteiger partial charge in [-0.2, -0.15) is 11.8 Å². The van der Waals surface area contributed by atoms with Gasteiger partial charge in [0.2, 0.25) is 0 Å².